The Bertz CT molecular complexity index is 877. The van der Waals surface area contributed by atoms with Crippen LogP contribution in [0.5, 0.6) is 17.2 Å². The molecule has 0 unspecified atom stereocenters. The zero-order valence-corrected chi connectivity index (χ0v) is 14.6. The topological polar surface area (TPSA) is 73.9 Å². The van der Waals surface area contributed by atoms with Crippen molar-refractivity contribution in [2.45, 2.75) is 18.7 Å². The second-order valence-corrected chi connectivity index (χ2v) is 7.16. The summed E-state index contributed by atoms with van der Waals surface area (Å²) >= 11 is 0. The van der Waals surface area contributed by atoms with Crippen LogP contribution >= 0.6 is 0 Å². The summed E-state index contributed by atoms with van der Waals surface area (Å²) in [5.74, 6) is 1.71. The number of anilines is 1. The van der Waals surface area contributed by atoms with Crippen LogP contribution in [0.2, 0.25) is 0 Å². The molecule has 0 aromatic heterocycles. The molecule has 3 rings (SSSR count). The SMILES string of the molecule is COc1ccc(NS(=O)(=O)c2ccc3c(c2)OCCO3)c(C)c1C. The summed E-state index contributed by atoms with van der Waals surface area (Å²) < 4.78 is 44.1. The van der Waals surface area contributed by atoms with Crippen molar-refractivity contribution >= 4 is 15.7 Å². The second-order valence-electron chi connectivity index (χ2n) is 5.48. The van der Waals surface area contributed by atoms with E-state index in [0.29, 0.717) is 30.4 Å². The lowest BCUT2D eigenvalue weighted by molar-refractivity contribution is 0.171. The number of hydrogen-bond donors (Lipinski definition) is 1. The second kappa shape index (κ2) is 6.24. The molecule has 0 radical (unpaired) electrons. The van der Waals surface area contributed by atoms with Gasteiger partial charge in [-0.2, -0.15) is 0 Å². The van der Waals surface area contributed by atoms with Gasteiger partial charge < -0.3 is 14.2 Å². The number of methoxy groups -OCH3 is 1. The zero-order chi connectivity index (χ0) is 17.3. The van der Waals surface area contributed by atoms with E-state index in [9.17, 15) is 8.42 Å². The third-order valence-electron chi connectivity index (χ3n) is 4.03. The van der Waals surface area contributed by atoms with Crippen LogP contribution in [-0.4, -0.2) is 28.7 Å². The fraction of sp³-hybridized carbons (Fsp3) is 0.294. The van der Waals surface area contributed by atoms with Crippen molar-refractivity contribution in [3.8, 4) is 17.2 Å². The Labute approximate surface area is 141 Å². The van der Waals surface area contributed by atoms with E-state index in [1.807, 2.05) is 13.8 Å². The molecule has 0 amide bonds. The van der Waals surface area contributed by atoms with E-state index in [1.165, 1.54) is 12.1 Å². The van der Waals surface area contributed by atoms with Gasteiger partial charge in [0.2, 0.25) is 0 Å². The zero-order valence-electron chi connectivity index (χ0n) is 13.8. The summed E-state index contributed by atoms with van der Waals surface area (Å²) in [5, 5.41) is 0. The molecule has 1 aliphatic rings. The highest BCUT2D eigenvalue weighted by Gasteiger charge is 2.20. The molecule has 0 fully saturated rings. The highest BCUT2D eigenvalue weighted by atomic mass is 32.2. The number of benzene rings is 2. The summed E-state index contributed by atoms with van der Waals surface area (Å²) in [4.78, 5) is 0.125. The third-order valence-corrected chi connectivity index (χ3v) is 5.39. The molecular formula is C17H19NO5S. The molecule has 7 heteroatoms. The lowest BCUT2D eigenvalue weighted by atomic mass is 10.1. The van der Waals surface area contributed by atoms with Crippen LogP contribution in [0.15, 0.2) is 35.2 Å². The summed E-state index contributed by atoms with van der Waals surface area (Å²) in [7, 11) is -2.15. The van der Waals surface area contributed by atoms with Crippen LogP contribution in [0.25, 0.3) is 0 Å². The van der Waals surface area contributed by atoms with Crippen molar-refractivity contribution in [1.82, 2.24) is 0 Å². The lowest BCUT2D eigenvalue weighted by Crippen LogP contribution is -2.17. The molecule has 2 aromatic carbocycles. The number of nitrogens with one attached hydrogen (secondary N) is 1. The Morgan fingerprint density at radius 3 is 2.42 bits per heavy atom. The van der Waals surface area contributed by atoms with Gasteiger partial charge in [-0.25, -0.2) is 8.42 Å². The van der Waals surface area contributed by atoms with Crippen molar-refractivity contribution in [2.75, 3.05) is 25.0 Å². The summed E-state index contributed by atoms with van der Waals surface area (Å²) in [6.45, 7) is 4.60. The molecule has 24 heavy (non-hydrogen) atoms. The van der Waals surface area contributed by atoms with Crippen LogP contribution in [0, 0.1) is 13.8 Å². The Kier molecular flexibility index (Phi) is 4.28. The third kappa shape index (κ3) is 2.99. The van der Waals surface area contributed by atoms with Gasteiger partial charge >= 0.3 is 0 Å². The first-order chi connectivity index (χ1) is 11.4. The molecule has 1 aliphatic heterocycles. The summed E-state index contributed by atoms with van der Waals surface area (Å²) in [5.41, 5.74) is 2.22. The molecule has 1 N–H and O–H groups in total. The van der Waals surface area contributed by atoms with E-state index in [1.54, 1.807) is 25.3 Å². The number of ether oxygens (including phenoxy) is 3. The molecule has 0 saturated carbocycles. The minimum Gasteiger partial charge on any atom is -0.496 e. The Balaban J connectivity index is 1.93. The van der Waals surface area contributed by atoms with E-state index in [0.717, 1.165) is 16.9 Å². The lowest BCUT2D eigenvalue weighted by Gasteiger charge is -2.19. The number of fused-ring (bicyclic) bond motifs is 1. The molecule has 2 aromatic rings. The van der Waals surface area contributed by atoms with Gasteiger partial charge in [-0.1, -0.05) is 0 Å². The Hall–Kier alpha value is -2.41. The molecule has 0 bridgehead atoms. The largest absolute Gasteiger partial charge is 0.496 e. The van der Waals surface area contributed by atoms with Gasteiger partial charge in [-0.05, 0) is 49.2 Å². The Morgan fingerprint density at radius 2 is 1.71 bits per heavy atom. The van der Waals surface area contributed by atoms with Crippen LogP contribution in [0.1, 0.15) is 11.1 Å². The first-order valence-electron chi connectivity index (χ1n) is 7.49. The maximum absolute atomic E-state index is 12.7. The van der Waals surface area contributed by atoms with Gasteiger partial charge in [0.1, 0.15) is 19.0 Å². The molecule has 0 spiro atoms. The molecular weight excluding hydrogens is 330 g/mol. The molecule has 0 saturated heterocycles. The maximum atomic E-state index is 12.7. The van der Waals surface area contributed by atoms with Crippen LogP contribution in [0.3, 0.4) is 0 Å². The fourth-order valence-corrected chi connectivity index (χ4v) is 3.66. The molecule has 1 heterocycles. The highest BCUT2D eigenvalue weighted by Crippen LogP contribution is 2.34. The van der Waals surface area contributed by atoms with Crippen LogP contribution < -0.4 is 18.9 Å². The first-order valence-corrected chi connectivity index (χ1v) is 8.97. The van der Waals surface area contributed by atoms with Crippen molar-refractivity contribution in [3.63, 3.8) is 0 Å². The standard InChI is InChI=1S/C17H19NO5S/c1-11-12(2)15(21-3)7-5-14(11)18-24(19,20)13-4-6-16-17(10-13)23-9-8-22-16/h4-7,10,18H,8-9H2,1-3H3. The minimum atomic E-state index is -3.73. The molecule has 0 atom stereocenters. The predicted molar refractivity (Wildman–Crippen MR) is 90.7 cm³/mol. The summed E-state index contributed by atoms with van der Waals surface area (Å²) in [6.07, 6.45) is 0. The van der Waals surface area contributed by atoms with Crippen LogP contribution in [-0.2, 0) is 10.0 Å². The summed E-state index contributed by atoms with van der Waals surface area (Å²) in [6, 6.07) is 8.01. The monoisotopic (exact) mass is 349 g/mol. The first kappa shape index (κ1) is 16.4. The van der Waals surface area contributed by atoms with E-state index >= 15 is 0 Å². The van der Waals surface area contributed by atoms with Crippen molar-refractivity contribution in [2.24, 2.45) is 0 Å². The smallest absolute Gasteiger partial charge is 0.262 e. The van der Waals surface area contributed by atoms with Crippen molar-refractivity contribution in [1.29, 1.82) is 0 Å². The minimum absolute atomic E-state index is 0.125. The number of rotatable bonds is 4. The van der Waals surface area contributed by atoms with Crippen molar-refractivity contribution < 1.29 is 22.6 Å². The van der Waals surface area contributed by atoms with E-state index in [4.69, 9.17) is 14.2 Å². The number of hydrogen-bond acceptors (Lipinski definition) is 5. The van der Waals surface area contributed by atoms with Crippen LogP contribution in [0.4, 0.5) is 5.69 Å². The average molecular weight is 349 g/mol. The maximum Gasteiger partial charge on any atom is 0.262 e. The van der Waals surface area contributed by atoms with Gasteiger partial charge in [0.05, 0.1) is 17.7 Å². The van der Waals surface area contributed by atoms with Crippen molar-refractivity contribution in [3.05, 3.63) is 41.5 Å². The normalized spacial score (nSPS) is 13.5. The Morgan fingerprint density at radius 1 is 1.00 bits per heavy atom. The van der Waals surface area contributed by atoms with E-state index < -0.39 is 10.0 Å². The average Bonchev–Trinajstić information content (AvgIpc) is 2.58. The van der Waals surface area contributed by atoms with E-state index in [-0.39, 0.29) is 4.90 Å². The van der Waals surface area contributed by atoms with Gasteiger partial charge in [0, 0.05) is 6.07 Å². The quantitative estimate of drug-likeness (QED) is 0.919. The van der Waals surface area contributed by atoms with Gasteiger partial charge in [0.15, 0.2) is 11.5 Å². The van der Waals surface area contributed by atoms with Gasteiger partial charge in [-0.15, -0.1) is 0 Å². The van der Waals surface area contributed by atoms with Gasteiger partial charge in [0.25, 0.3) is 10.0 Å². The molecule has 128 valence electrons. The highest BCUT2D eigenvalue weighted by molar-refractivity contribution is 7.92. The fourth-order valence-electron chi connectivity index (χ4n) is 2.52. The molecule has 6 nitrogen and oxygen atoms in total. The molecule has 0 aliphatic carbocycles. The predicted octanol–water partition coefficient (Wildman–Crippen LogP) is 2.88. The van der Waals surface area contributed by atoms with Gasteiger partial charge in [-0.3, -0.25) is 4.72 Å². The number of sulfonamides is 1. The van der Waals surface area contributed by atoms with E-state index in [2.05, 4.69) is 4.72 Å².